The van der Waals surface area contributed by atoms with Crippen LogP contribution in [-0.4, -0.2) is 30.4 Å². The summed E-state index contributed by atoms with van der Waals surface area (Å²) in [7, 11) is 0. The molecule has 3 aliphatic heterocycles. The zero-order valence-electron chi connectivity index (χ0n) is 12.0. The minimum Gasteiger partial charge on any atom is -0.463 e. The molecule has 0 aliphatic carbocycles. The lowest BCUT2D eigenvalue weighted by Gasteiger charge is -2.26. The molecule has 2 bridgehead atoms. The highest BCUT2D eigenvalue weighted by Crippen LogP contribution is 2.36. The number of primary amides is 1. The predicted molar refractivity (Wildman–Crippen MR) is 81.3 cm³/mol. The largest absolute Gasteiger partial charge is 0.463 e. The highest BCUT2D eigenvalue weighted by Gasteiger charge is 2.30. The first-order valence-electron chi connectivity index (χ1n) is 7.74. The van der Waals surface area contributed by atoms with E-state index in [2.05, 4.69) is 17.0 Å². The van der Waals surface area contributed by atoms with E-state index in [4.69, 9.17) is 10.2 Å². The highest BCUT2D eigenvalue weighted by molar-refractivity contribution is 6.05. The Morgan fingerprint density at radius 2 is 2.10 bits per heavy atom. The van der Waals surface area contributed by atoms with Gasteiger partial charge in [0.15, 0.2) is 0 Å². The molecule has 5 rings (SSSR count). The number of amides is 1. The fourth-order valence-electron chi connectivity index (χ4n) is 3.93. The van der Waals surface area contributed by atoms with Gasteiger partial charge in [-0.3, -0.25) is 4.79 Å². The Morgan fingerprint density at radius 3 is 2.86 bits per heavy atom. The van der Waals surface area contributed by atoms with Crippen LogP contribution in [0.4, 0.5) is 0 Å². The maximum Gasteiger partial charge on any atom is 0.252 e. The van der Waals surface area contributed by atoms with E-state index < -0.39 is 5.91 Å². The third kappa shape index (κ3) is 2.23. The molecule has 4 heteroatoms. The summed E-state index contributed by atoms with van der Waals surface area (Å²) < 4.78 is 5.42. The number of rotatable bonds is 2. The van der Waals surface area contributed by atoms with Crippen molar-refractivity contribution in [2.24, 2.45) is 11.7 Å². The average molecular weight is 284 g/mol. The SMILES string of the molecule is NC(=O)c1coc2ccc([C@H]3CC4CCN(CC4)C3)cc12. The van der Waals surface area contributed by atoms with Crippen LogP contribution in [0.3, 0.4) is 0 Å². The molecule has 0 radical (unpaired) electrons. The number of carbonyl (C=O) groups is 1. The molecule has 0 spiro atoms. The molecule has 4 heterocycles. The van der Waals surface area contributed by atoms with Gasteiger partial charge in [0.05, 0.1) is 5.56 Å². The topological polar surface area (TPSA) is 59.5 Å². The Kier molecular flexibility index (Phi) is 3.00. The van der Waals surface area contributed by atoms with Crippen LogP contribution in [0, 0.1) is 5.92 Å². The van der Waals surface area contributed by atoms with Crippen LogP contribution in [0.15, 0.2) is 28.9 Å². The Labute approximate surface area is 123 Å². The van der Waals surface area contributed by atoms with Crippen molar-refractivity contribution in [3.8, 4) is 0 Å². The zero-order chi connectivity index (χ0) is 14.4. The maximum atomic E-state index is 11.5. The summed E-state index contributed by atoms with van der Waals surface area (Å²) in [4.78, 5) is 14.1. The molecule has 2 aromatic rings. The molecule has 3 fully saturated rings. The van der Waals surface area contributed by atoms with E-state index in [9.17, 15) is 4.79 Å². The van der Waals surface area contributed by atoms with E-state index in [1.165, 1.54) is 44.2 Å². The monoisotopic (exact) mass is 284 g/mol. The minimum atomic E-state index is -0.421. The van der Waals surface area contributed by atoms with Crippen molar-refractivity contribution in [2.45, 2.75) is 25.2 Å². The number of piperidine rings is 1. The van der Waals surface area contributed by atoms with Gasteiger partial charge in [0.1, 0.15) is 11.8 Å². The molecule has 21 heavy (non-hydrogen) atoms. The molecule has 1 amide bonds. The Balaban J connectivity index is 1.72. The second-order valence-electron chi connectivity index (χ2n) is 6.45. The first kappa shape index (κ1) is 12.9. The number of benzene rings is 1. The van der Waals surface area contributed by atoms with E-state index in [1.807, 2.05) is 6.07 Å². The number of hydrogen-bond acceptors (Lipinski definition) is 3. The lowest BCUT2D eigenvalue weighted by atomic mass is 9.87. The Hall–Kier alpha value is -1.81. The van der Waals surface area contributed by atoms with Gasteiger partial charge in [0.2, 0.25) is 0 Å². The quantitative estimate of drug-likeness (QED) is 0.922. The minimum absolute atomic E-state index is 0.421. The molecular formula is C17H20N2O2. The van der Waals surface area contributed by atoms with E-state index in [-0.39, 0.29) is 0 Å². The number of hydrogen-bond donors (Lipinski definition) is 1. The molecule has 3 aliphatic rings. The molecule has 1 aromatic heterocycles. The van der Waals surface area contributed by atoms with Gasteiger partial charge in [-0.25, -0.2) is 0 Å². The fraction of sp³-hybridized carbons (Fsp3) is 0.471. The summed E-state index contributed by atoms with van der Waals surface area (Å²) in [6.07, 6.45) is 5.39. The molecule has 0 saturated carbocycles. The van der Waals surface area contributed by atoms with Crippen LogP contribution >= 0.6 is 0 Å². The molecular weight excluding hydrogens is 264 g/mol. The van der Waals surface area contributed by atoms with Crippen LogP contribution in [-0.2, 0) is 0 Å². The van der Waals surface area contributed by atoms with E-state index in [0.717, 1.165) is 23.4 Å². The number of furan rings is 1. The van der Waals surface area contributed by atoms with Crippen molar-refractivity contribution in [3.05, 3.63) is 35.6 Å². The van der Waals surface area contributed by atoms with E-state index >= 15 is 0 Å². The van der Waals surface area contributed by atoms with Gasteiger partial charge in [0, 0.05) is 11.9 Å². The maximum absolute atomic E-state index is 11.5. The first-order chi connectivity index (χ1) is 10.2. The predicted octanol–water partition coefficient (Wildman–Crippen LogP) is 2.73. The van der Waals surface area contributed by atoms with Gasteiger partial charge in [-0.05, 0) is 61.9 Å². The second kappa shape index (κ2) is 4.88. The number of fused-ring (bicyclic) bond motifs is 5. The fourth-order valence-corrected chi connectivity index (χ4v) is 3.93. The van der Waals surface area contributed by atoms with Crippen molar-refractivity contribution >= 4 is 16.9 Å². The Bertz CT molecular complexity index is 669. The van der Waals surface area contributed by atoms with Crippen LogP contribution in [0.5, 0.6) is 0 Å². The molecule has 2 N–H and O–H groups in total. The highest BCUT2D eigenvalue weighted by atomic mass is 16.3. The van der Waals surface area contributed by atoms with Crippen LogP contribution in [0.1, 0.15) is 41.1 Å². The van der Waals surface area contributed by atoms with Gasteiger partial charge in [-0.2, -0.15) is 0 Å². The Morgan fingerprint density at radius 1 is 1.29 bits per heavy atom. The summed E-state index contributed by atoms with van der Waals surface area (Å²) in [6, 6.07) is 6.22. The summed E-state index contributed by atoms with van der Waals surface area (Å²) in [5.74, 6) is 0.986. The van der Waals surface area contributed by atoms with Crippen molar-refractivity contribution in [1.29, 1.82) is 0 Å². The van der Waals surface area contributed by atoms with Crippen molar-refractivity contribution in [1.82, 2.24) is 4.90 Å². The van der Waals surface area contributed by atoms with Gasteiger partial charge in [-0.1, -0.05) is 6.07 Å². The average Bonchev–Trinajstić information content (AvgIpc) is 2.68. The summed E-state index contributed by atoms with van der Waals surface area (Å²) in [5, 5.41) is 0.853. The van der Waals surface area contributed by atoms with Crippen molar-refractivity contribution in [3.63, 3.8) is 0 Å². The summed E-state index contributed by atoms with van der Waals surface area (Å²) in [5.41, 5.74) is 7.96. The summed E-state index contributed by atoms with van der Waals surface area (Å²) >= 11 is 0. The van der Waals surface area contributed by atoms with Crippen molar-refractivity contribution < 1.29 is 9.21 Å². The molecule has 3 saturated heterocycles. The van der Waals surface area contributed by atoms with E-state index in [1.54, 1.807) is 0 Å². The van der Waals surface area contributed by atoms with Gasteiger partial charge in [-0.15, -0.1) is 0 Å². The third-order valence-corrected chi connectivity index (χ3v) is 5.14. The molecule has 1 aromatic carbocycles. The van der Waals surface area contributed by atoms with Gasteiger partial charge >= 0.3 is 0 Å². The van der Waals surface area contributed by atoms with E-state index in [0.29, 0.717) is 11.5 Å². The first-order valence-corrected chi connectivity index (χ1v) is 7.74. The van der Waals surface area contributed by atoms with Crippen LogP contribution in [0.25, 0.3) is 11.0 Å². The molecule has 110 valence electrons. The normalized spacial score (nSPS) is 28.7. The second-order valence-corrected chi connectivity index (χ2v) is 6.45. The number of nitrogens with zero attached hydrogens (tertiary/aromatic N) is 1. The number of nitrogens with two attached hydrogens (primary N) is 1. The number of carbonyl (C=O) groups excluding carboxylic acids is 1. The molecule has 1 atom stereocenters. The lowest BCUT2D eigenvalue weighted by molar-refractivity contribution is 0.100. The lowest BCUT2D eigenvalue weighted by Crippen LogP contribution is -2.31. The van der Waals surface area contributed by atoms with Crippen LogP contribution in [0.2, 0.25) is 0 Å². The van der Waals surface area contributed by atoms with Gasteiger partial charge < -0.3 is 15.1 Å². The standard InChI is InChI=1S/C17H20N2O2/c18-17(20)15-10-21-16-2-1-12(8-14(15)16)13-7-11-3-5-19(9-13)6-4-11/h1-2,8,10-11,13H,3-7,9H2,(H2,18,20)/t13-/m0/s1. The van der Waals surface area contributed by atoms with Crippen molar-refractivity contribution in [2.75, 3.05) is 19.6 Å². The van der Waals surface area contributed by atoms with Crippen LogP contribution < -0.4 is 5.73 Å². The molecule has 0 unspecified atom stereocenters. The third-order valence-electron chi connectivity index (χ3n) is 5.14. The smallest absolute Gasteiger partial charge is 0.252 e. The van der Waals surface area contributed by atoms with Gasteiger partial charge in [0.25, 0.3) is 5.91 Å². The zero-order valence-corrected chi connectivity index (χ0v) is 12.0. The summed E-state index contributed by atoms with van der Waals surface area (Å²) in [6.45, 7) is 3.61. The molecule has 4 nitrogen and oxygen atoms in total.